The number of carbonyl (C=O) groups is 3. The largest absolute Gasteiger partial charge is 0.355 e. The lowest BCUT2D eigenvalue weighted by Gasteiger charge is -2.15. The maximum Gasteiger partial charge on any atom is 0.290 e. The van der Waals surface area contributed by atoms with Gasteiger partial charge in [-0.1, -0.05) is 41.4 Å². The van der Waals surface area contributed by atoms with Gasteiger partial charge in [0.15, 0.2) is 0 Å². The number of nitrogens with two attached hydrogens (primary N) is 1. The van der Waals surface area contributed by atoms with Crippen LogP contribution >= 0.6 is 23.2 Å². The highest BCUT2D eigenvalue weighted by Gasteiger charge is 2.42. The van der Waals surface area contributed by atoms with E-state index in [0.717, 1.165) is 11.1 Å². The van der Waals surface area contributed by atoms with Crippen LogP contribution in [0.15, 0.2) is 47.4 Å². The van der Waals surface area contributed by atoms with E-state index in [-0.39, 0.29) is 18.0 Å². The van der Waals surface area contributed by atoms with Gasteiger partial charge in [-0.05, 0) is 54.7 Å². The van der Waals surface area contributed by atoms with E-state index in [1.807, 2.05) is 6.07 Å². The van der Waals surface area contributed by atoms with E-state index in [0.29, 0.717) is 35.9 Å². The highest BCUT2D eigenvalue weighted by Crippen LogP contribution is 2.23. The summed E-state index contributed by atoms with van der Waals surface area (Å²) in [7, 11) is -3.78. The van der Waals surface area contributed by atoms with Crippen molar-refractivity contribution >= 4 is 50.8 Å². The van der Waals surface area contributed by atoms with E-state index in [1.165, 1.54) is 17.0 Å². The van der Waals surface area contributed by atoms with E-state index in [2.05, 4.69) is 5.32 Å². The number of Topliss-reactive ketones (excluding diaryl/α,β-unsaturated/α-hetero) is 1. The number of halogens is 2. The first kappa shape index (κ1) is 25.2. The number of amides is 2. The maximum absolute atomic E-state index is 12.4. The molecule has 0 bridgehead atoms. The van der Waals surface area contributed by atoms with Crippen molar-refractivity contribution in [2.24, 2.45) is 11.1 Å². The Hall–Kier alpha value is -2.46. The monoisotopic (exact) mass is 511 g/mol. The standard InChI is InChI=1S/C22H23Cl2N3O5S/c23-18-8-5-15(12-19(18)24)2-1-10-26-21(29)17-13-27(22(30)20(17)28)11-9-14-3-6-16(7-4-14)33(25,31)32/h3-8,12,17H,1-2,9-11,13H2,(H,26,29)(H2,25,31,32). The second kappa shape index (κ2) is 10.6. The molecule has 11 heteroatoms. The number of rotatable bonds is 9. The zero-order chi connectivity index (χ0) is 24.2. The van der Waals surface area contributed by atoms with Gasteiger partial charge in [0.1, 0.15) is 5.92 Å². The molecule has 0 spiro atoms. The predicted octanol–water partition coefficient (Wildman–Crippen LogP) is 1.96. The van der Waals surface area contributed by atoms with Crippen molar-refractivity contribution in [3.8, 4) is 0 Å². The van der Waals surface area contributed by atoms with E-state index in [9.17, 15) is 22.8 Å². The van der Waals surface area contributed by atoms with Crippen LogP contribution in [0.3, 0.4) is 0 Å². The molecule has 1 aliphatic heterocycles. The van der Waals surface area contributed by atoms with Crippen LogP contribution in [0, 0.1) is 5.92 Å². The highest BCUT2D eigenvalue weighted by molar-refractivity contribution is 7.89. The van der Waals surface area contributed by atoms with Crippen molar-refractivity contribution < 1.29 is 22.8 Å². The minimum Gasteiger partial charge on any atom is -0.355 e. The van der Waals surface area contributed by atoms with E-state index in [1.54, 1.807) is 24.3 Å². The number of benzene rings is 2. The maximum atomic E-state index is 12.4. The Kier molecular flexibility index (Phi) is 8.12. The number of ketones is 1. The molecule has 2 aromatic carbocycles. The Morgan fingerprint density at radius 2 is 1.70 bits per heavy atom. The lowest BCUT2D eigenvalue weighted by atomic mass is 10.1. The summed E-state index contributed by atoms with van der Waals surface area (Å²) in [5, 5.41) is 8.74. The molecule has 0 aromatic heterocycles. The number of hydrogen-bond donors (Lipinski definition) is 2. The van der Waals surface area contributed by atoms with Crippen molar-refractivity contribution in [3.05, 3.63) is 63.6 Å². The van der Waals surface area contributed by atoms with Gasteiger partial charge in [-0.3, -0.25) is 14.4 Å². The smallest absolute Gasteiger partial charge is 0.290 e. The van der Waals surface area contributed by atoms with Crippen molar-refractivity contribution in [2.75, 3.05) is 19.6 Å². The van der Waals surface area contributed by atoms with Gasteiger partial charge in [0.2, 0.25) is 21.7 Å². The topological polar surface area (TPSA) is 127 Å². The van der Waals surface area contributed by atoms with Crippen molar-refractivity contribution in [3.63, 3.8) is 0 Å². The van der Waals surface area contributed by atoms with Gasteiger partial charge >= 0.3 is 0 Å². The number of nitrogens with one attached hydrogen (secondary N) is 1. The molecular weight excluding hydrogens is 489 g/mol. The minimum atomic E-state index is -3.78. The van der Waals surface area contributed by atoms with Crippen molar-refractivity contribution in [1.82, 2.24) is 10.2 Å². The van der Waals surface area contributed by atoms with Crippen LogP contribution in [-0.2, 0) is 37.2 Å². The Bertz CT molecular complexity index is 1170. The lowest BCUT2D eigenvalue weighted by molar-refractivity contribution is -0.142. The summed E-state index contributed by atoms with van der Waals surface area (Å²) in [6.45, 7) is 0.611. The first-order chi connectivity index (χ1) is 15.6. The number of aryl methyl sites for hydroxylation is 1. The number of carbonyl (C=O) groups excluding carboxylic acids is 3. The fraction of sp³-hybridized carbons (Fsp3) is 0.318. The van der Waals surface area contributed by atoms with Gasteiger partial charge in [0, 0.05) is 19.6 Å². The minimum absolute atomic E-state index is 0.00503. The van der Waals surface area contributed by atoms with Gasteiger partial charge in [0.25, 0.3) is 5.91 Å². The van der Waals surface area contributed by atoms with Crippen LogP contribution in [0.1, 0.15) is 17.5 Å². The van der Waals surface area contributed by atoms with Gasteiger partial charge in [-0.15, -0.1) is 0 Å². The van der Waals surface area contributed by atoms with Gasteiger partial charge in [0.05, 0.1) is 14.9 Å². The molecule has 0 aliphatic carbocycles. The molecule has 0 radical (unpaired) electrons. The fourth-order valence-corrected chi connectivity index (χ4v) is 4.35. The molecule has 1 aliphatic rings. The Balaban J connectivity index is 1.46. The molecule has 1 atom stereocenters. The van der Waals surface area contributed by atoms with Gasteiger partial charge in [-0.25, -0.2) is 13.6 Å². The number of nitrogens with zero attached hydrogens (tertiary/aromatic N) is 1. The summed E-state index contributed by atoms with van der Waals surface area (Å²) in [6.07, 6.45) is 1.71. The molecule has 1 saturated heterocycles. The summed E-state index contributed by atoms with van der Waals surface area (Å²) in [5.41, 5.74) is 1.76. The van der Waals surface area contributed by atoms with Crippen LogP contribution in [0.5, 0.6) is 0 Å². The first-order valence-corrected chi connectivity index (χ1v) is 12.5. The molecule has 1 unspecified atom stereocenters. The predicted molar refractivity (Wildman–Crippen MR) is 124 cm³/mol. The Morgan fingerprint density at radius 1 is 1.03 bits per heavy atom. The summed E-state index contributed by atoms with van der Waals surface area (Å²) in [4.78, 5) is 38.3. The fourth-order valence-electron chi connectivity index (χ4n) is 3.52. The quantitative estimate of drug-likeness (QED) is 0.302. The average molecular weight is 512 g/mol. The van der Waals surface area contributed by atoms with Crippen molar-refractivity contribution in [1.29, 1.82) is 0 Å². The third-order valence-electron chi connectivity index (χ3n) is 5.38. The molecule has 176 valence electrons. The second-order valence-corrected chi connectivity index (χ2v) is 10.1. The van der Waals surface area contributed by atoms with Crippen LogP contribution in [0.2, 0.25) is 10.0 Å². The molecule has 0 saturated carbocycles. The van der Waals surface area contributed by atoms with Gasteiger partial charge in [-0.2, -0.15) is 0 Å². The number of likely N-dealkylation sites (tertiary alicyclic amines) is 1. The normalized spacial score (nSPS) is 16.3. The molecule has 3 N–H and O–H groups in total. The number of sulfonamides is 1. The molecule has 1 heterocycles. The first-order valence-electron chi connectivity index (χ1n) is 10.2. The Labute approximate surface area is 202 Å². The summed E-state index contributed by atoms with van der Waals surface area (Å²) >= 11 is 11.9. The molecular formula is C22H23Cl2N3O5S. The lowest BCUT2D eigenvalue weighted by Crippen LogP contribution is -2.36. The number of hydrogen-bond acceptors (Lipinski definition) is 5. The highest BCUT2D eigenvalue weighted by atomic mass is 35.5. The summed E-state index contributed by atoms with van der Waals surface area (Å²) in [5.74, 6) is -2.91. The van der Waals surface area contributed by atoms with Crippen LogP contribution < -0.4 is 10.5 Å². The summed E-state index contributed by atoms with van der Waals surface area (Å²) in [6, 6.07) is 11.3. The van der Waals surface area contributed by atoms with Crippen LogP contribution in [-0.4, -0.2) is 50.5 Å². The molecule has 2 amide bonds. The van der Waals surface area contributed by atoms with E-state index >= 15 is 0 Å². The average Bonchev–Trinajstić information content (AvgIpc) is 3.06. The molecule has 1 fully saturated rings. The molecule has 33 heavy (non-hydrogen) atoms. The van der Waals surface area contributed by atoms with E-state index in [4.69, 9.17) is 28.3 Å². The Morgan fingerprint density at radius 3 is 2.33 bits per heavy atom. The van der Waals surface area contributed by atoms with Crippen LogP contribution in [0.25, 0.3) is 0 Å². The third kappa shape index (κ3) is 6.54. The second-order valence-electron chi connectivity index (χ2n) is 7.75. The van der Waals surface area contributed by atoms with E-state index < -0.39 is 33.5 Å². The number of primary sulfonamides is 1. The molecule has 3 rings (SSSR count). The molecule has 2 aromatic rings. The zero-order valence-electron chi connectivity index (χ0n) is 17.6. The third-order valence-corrected chi connectivity index (χ3v) is 7.05. The molecule has 8 nitrogen and oxygen atoms in total. The summed E-state index contributed by atoms with van der Waals surface area (Å²) < 4.78 is 22.6. The zero-order valence-corrected chi connectivity index (χ0v) is 19.9. The van der Waals surface area contributed by atoms with Gasteiger partial charge < -0.3 is 10.2 Å². The SMILES string of the molecule is NS(=O)(=O)c1ccc(CCN2CC(C(=O)NCCCc3ccc(Cl)c(Cl)c3)C(=O)C2=O)cc1. The van der Waals surface area contributed by atoms with Crippen molar-refractivity contribution in [2.45, 2.75) is 24.2 Å². The van der Waals surface area contributed by atoms with Crippen LogP contribution in [0.4, 0.5) is 0 Å².